The molecule has 0 radical (unpaired) electrons. The molecule has 0 unspecified atom stereocenters. The Morgan fingerprint density at radius 3 is 1.93 bits per heavy atom. The van der Waals surface area contributed by atoms with Crippen molar-refractivity contribution >= 4 is 5.97 Å². The third-order valence-corrected chi connectivity index (χ3v) is 3.14. The summed E-state index contributed by atoms with van der Waals surface area (Å²) < 4.78 is 5.43. The molecule has 0 spiro atoms. The fraction of sp³-hybridized carbons (Fsp3) is 0.923. The first-order valence-corrected chi connectivity index (χ1v) is 6.52. The van der Waals surface area contributed by atoms with E-state index in [0.29, 0.717) is 6.42 Å². The van der Waals surface area contributed by atoms with Gasteiger partial charge in [0.05, 0.1) is 0 Å². The molecule has 0 saturated heterocycles. The maximum atomic E-state index is 11.2. The molecule has 0 aliphatic heterocycles. The smallest absolute Gasteiger partial charge is 0.305 e. The molecule has 0 aromatic rings. The molecule has 0 amide bonds. The van der Waals surface area contributed by atoms with Crippen LogP contribution in [0.2, 0.25) is 0 Å². The van der Waals surface area contributed by atoms with Gasteiger partial charge in [0.2, 0.25) is 0 Å². The predicted octanol–water partition coefficient (Wildman–Crippen LogP) is 3.83. The normalized spacial score (nSPS) is 20.9. The van der Waals surface area contributed by atoms with Gasteiger partial charge in [-0.1, -0.05) is 39.0 Å². The van der Waals surface area contributed by atoms with Crippen LogP contribution in [-0.4, -0.2) is 12.1 Å². The topological polar surface area (TPSA) is 26.3 Å². The standard InChI is InChI=1S/C13H24O2/c1-2-13(14)15-12-10-8-6-4-3-5-7-9-11-12/h12H,2-11H2,1H3. The number of carbonyl (C=O) groups excluding carboxylic acids is 1. The Hall–Kier alpha value is -0.530. The lowest BCUT2D eigenvalue weighted by atomic mass is 9.99. The summed E-state index contributed by atoms with van der Waals surface area (Å²) in [4.78, 5) is 11.2. The zero-order valence-corrected chi connectivity index (χ0v) is 9.96. The molecule has 0 atom stereocenters. The van der Waals surface area contributed by atoms with Crippen LogP contribution >= 0.6 is 0 Å². The quantitative estimate of drug-likeness (QED) is 0.650. The highest BCUT2D eigenvalue weighted by atomic mass is 16.5. The molecule has 2 heteroatoms. The fourth-order valence-electron chi connectivity index (χ4n) is 2.16. The minimum atomic E-state index is -0.0305. The van der Waals surface area contributed by atoms with Gasteiger partial charge in [-0.05, 0) is 25.7 Å². The third kappa shape index (κ3) is 5.81. The van der Waals surface area contributed by atoms with Gasteiger partial charge in [-0.25, -0.2) is 0 Å². The summed E-state index contributed by atoms with van der Waals surface area (Å²) >= 11 is 0. The van der Waals surface area contributed by atoms with E-state index in [0.717, 1.165) is 12.8 Å². The first-order valence-electron chi connectivity index (χ1n) is 6.52. The van der Waals surface area contributed by atoms with Crippen LogP contribution < -0.4 is 0 Å². The van der Waals surface area contributed by atoms with Crippen molar-refractivity contribution in [3.05, 3.63) is 0 Å². The molecule has 1 rings (SSSR count). The van der Waals surface area contributed by atoms with Gasteiger partial charge >= 0.3 is 5.97 Å². The molecule has 1 saturated carbocycles. The second-order valence-corrected chi connectivity index (χ2v) is 4.52. The average Bonchev–Trinajstić information content (AvgIpc) is 2.27. The van der Waals surface area contributed by atoms with E-state index in [1.54, 1.807) is 0 Å². The summed E-state index contributed by atoms with van der Waals surface area (Å²) in [5, 5.41) is 0. The Kier molecular flexibility index (Phi) is 6.45. The molecule has 0 N–H and O–H groups in total. The van der Waals surface area contributed by atoms with Crippen molar-refractivity contribution in [1.29, 1.82) is 0 Å². The van der Waals surface area contributed by atoms with E-state index in [9.17, 15) is 4.79 Å². The average molecular weight is 212 g/mol. The SMILES string of the molecule is CCC(=O)OC1CCCCCCCCC1. The van der Waals surface area contributed by atoms with E-state index in [4.69, 9.17) is 4.74 Å². The van der Waals surface area contributed by atoms with E-state index in [1.165, 1.54) is 44.9 Å². The zero-order chi connectivity index (χ0) is 10.9. The number of hydrogen-bond donors (Lipinski definition) is 0. The molecule has 15 heavy (non-hydrogen) atoms. The van der Waals surface area contributed by atoms with Crippen LogP contribution in [0.25, 0.3) is 0 Å². The highest BCUT2D eigenvalue weighted by Crippen LogP contribution is 2.19. The van der Waals surface area contributed by atoms with Crippen LogP contribution in [-0.2, 0) is 9.53 Å². The maximum absolute atomic E-state index is 11.2. The van der Waals surface area contributed by atoms with E-state index in [2.05, 4.69) is 0 Å². The van der Waals surface area contributed by atoms with E-state index >= 15 is 0 Å². The molecule has 0 heterocycles. The van der Waals surface area contributed by atoms with Crippen molar-refractivity contribution in [1.82, 2.24) is 0 Å². The van der Waals surface area contributed by atoms with Gasteiger partial charge in [0.25, 0.3) is 0 Å². The van der Waals surface area contributed by atoms with Crippen molar-refractivity contribution < 1.29 is 9.53 Å². The van der Waals surface area contributed by atoms with Crippen LogP contribution in [0.15, 0.2) is 0 Å². The molecule has 1 aliphatic rings. The minimum absolute atomic E-state index is 0.0305. The molecule has 1 aliphatic carbocycles. The third-order valence-electron chi connectivity index (χ3n) is 3.14. The lowest BCUT2D eigenvalue weighted by molar-refractivity contribution is -0.149. The Balaban J connectivity index is 2.28. The van der Waals surface area contributed by atoms with Crippen LogP contribution in [0, 0.1) is 0 Å². The van der Waals surface area contributed by atoms with Crippen molar-refractivity contribution in [2.75, 3.05) is 0 Å². The van der Waals surface area contributed by atoms with Gasteiger partial charge in [0, 0.05) is 6.42 Å². The number of ether oxygens (including phenoxy) is 1. The van der Waals surface area contributed by atoms with Crippen molar-refractivity contribution in [3.8, 4) is 0 Å². The highest BCUT2D eigenvalue weighted by Gasteiger charge is 2.13. The Bertz CT molecular complexity index is 167. The summed E-state index contributed by atoms with van der Waals surface area (Å²) in [5.41, 5.74) is 0. The molecule has 0 bridgehead atoms. The fourth-order valence-corrected chi connectivity index (χ4v) is 2.16. The largest absolute Gasteiger partial charge is 0.462 e. The summed E-state index contributed by atoms with van der Waals surface area (Å²) in [6.07, 6.45) is 12.0. The molecule has 2 nitrogen and oxygen atoms in total. The summed E-state index contributed by atoms with van der Waals surface area (Å²) in [5.74, 6) is -0.0305. The Morgan fingerprint density at radius 1 is 1.00 bits per heavy atom. The van der Waals surface area contributed by atoms with Crippen molar-refractivity contribution in [3.63, 3.8) is 0 Å². The number of rotatable bonds is 2. The molecular formula is C13H24O2. The van der Waals surface area contributed by atoms with E-state index in [-0.39, 0.29) is 12.1 Å². The van der Waals surface area contributed by atoms with E-state index < -0.39 is 0 Å². The van der Waals surface area contributed by atoms with Crippen LogP contribution in [0.5, 0.6) is 0 Å². The lowest BCUT2D eigenvalue weighted by Gasteiger charge is -2.18. The first-order chi connectivity index (χ1) is 7.33. The van der Waals surface area contributed by atoms with Crippen LogP contribution in [0.1, 0.15) is 71.1 Å². The van der Waals surface area contributed by atoms with Crippen LogP contribution in [0.3, 0.4) is 0 Å². The van der Waals surface area contributed by atoms with Gasteiger partial charge in [0.15, 0.2) is 0 Å². The highest BCUT2D eigenvalue weighted by molar-refractivity contribution is 5.69. The molecule has 0 aromatic carbocycles. The van der Waals surface area contributed by atoms with Gasteiger partial charge in [0.1, 0.15) is 6.10 Å². The molecule has 1 fully saturated rings. The molecule has 0 aromatic heterocycles. The Labute approximate surface area is 93.4 Å². The minimum Gasteiger partial charge on any atom is -0.462 e. The van der Waals surface area contributed by atoms with Gasteiger partial charge in [-0.2, -0.15) is 0 Å². The lowest BCUT2D eigenvalue weighted by Crippen LogP contribution is -2.18. The van der Waals surface area contributed by atoms with Gasteiger partial charge in [-0.15, -0.1) is 0 Å². The second-order valence-electron chi connectivity index (χ2n) is 4.52. The summed E-state index contributed by atoms with van der Waals surface area (Å²) in [6.45, 7) is 1.86. The first kappa shape index (κ1) is 12.5. The van der Waals surface area contributed by atoms with E-state index in [1.807, 2.05) is 6.92 Å². The predicted molar refractivity (Wildman–Crippen MR) is 61.7 cm³/mol. The van der Waals surface area contributed by atoms with Crippen molar-refractivity contribution in [2.45, 2.75) is 77.2 Å². The molecular weight excluding hydrogens is 188 g/mol. The monoisotopic (exact) mass is 212 g/mol. The van der Waals surface area contributed by atoms with Gasteiger partial charge < -0.3 is 4.74 Å². The Morgan fingerprint density at radius 2 is 1.47 bits per heavy atom. The van der Waals surface area contributed by atoms with Crippen molar-refractivity contribution in [2.24, 2.45) is 0 Å². The van der Waals surface area contributed by atoms with Gasteiger partial charge in [-0.3, -0.25) is 4.79 Å². The maximum Gasteiger partial charge on any atom is 0.305 e. The zero-order valence-electron chi connectivity index (χ0n) is 9.96. The summed E-state index contributed by atoms with van der Waals surface area (Å²) in [6, 6.07) is 0. The van der Waals surface area contributed by atoms with Crippen LogP contribution in [0.4, 0.5) is 0 Å². The second kappa shape index (κ2) is 7.72. The number of hydrogen-bond acceptors (Lipinski definition) is 2. The summed E-state index contributed by atoms with van der Waals surface area (Å²) in [7, 11) is 0. The number of carbonyl (C=O) groups is 1. The molecule has 88 valence electrons. The number of esters is 1.